The van der Waals surface area contributed by atoms with Crippen molar-refractivity contribution >= 4 is 22.4 Å². The maximum Gasteiger partial charge on any atom is 0.137 e. The number of anilines is 1. The van der Waals surface area contributed by atoms with Crippen molar-refractivity contribution in [2.75, 3.05) is 5.73 Å². The molecule has 2 aromatic carbocycles. The summed E-state index contributed by atoms with van der Waals surface area (Å²) in [5, 5.41) is 0. The minimum Gasteiger partial charge on any atom is -0.399 e. The highest BCUT2D eigenvalue weighted by atomic mass is 32.2. The summed E-state index contributed by atoms with van der Waals surface area (Å²) in [6.07, 6.45) is 0. The van der Waals surface area contributed by atoms with Crippen LogP contribution in [-0.4, -0.2) is 0 Å². The topological polar surface area (TPSA) is 26.0 Å². The molecule has 0 aliphatic heterocycles. The summed E-state index contributed by atoms with van der Waals surface area (Å²) in [6, 6.07) is 14.1. The highest BCUT2D eigenvalue weighted by Gasteiger charge is 2.05. The maximum absolute atomic E-state index is 13.5. The molecule has 2 N–H and O–H groups in total. The normalized spacial score (nSPS) is 10.2. The Balaban J connectivity index is 2.20. The fourth-order valence-corrected chi connectivity index (χ4v) is 2.25. The number of hydrogen-bond donors (Lipinski definition) is 1. The average molecular weight is 245 g/mol. The SMILES string of the molecule is C=C(Sc1ccccc1F)c1cccc(N)c1. The molecule has 17 heavy (non-hydrogen) atoms. The summed E-state index contributed by atoms with van der Waals surface area (Å²) in [6.45, 7) is 3.94. The molecule has 2 aromatic rings. The van der Waals surface area contributed by atoms with Crippen molar-refractivity contribution in [3.05, 3.63) is 66.5 Å². The summed E-state index contributed by atoms with van der Waals surface area (Å²) in [4.78, 5) is 1.35. The molecule has 1 nitrogen and oxygen atoms in total. The predicted octanol–water partition coefficient (Wildman–Crippen LogP) is 4.17. The zero-order valence-electron chi connectivity index (χ0n) is 9.19. The van der Waals surface area contributed by atoms with Gasteiger partial charge in [0.2, 0.25) is 0 Å². The van der Waals surface area contributed by atoms with Crippen LogP contribution in [-0.2, 0) is 0 Å². The highest BCUT2D eigenvalue weighted by molar-refractivity contribution is 8.08. The number of nitrogen functional groups attached to an aromatic ring is 1. The summed E-state index contributed by atoms with van der Waals surface area (Å²) in [5.74, 6) is -0.234. The monoisotopic (exact) mass is 245 g/mol. The Bertz CT molecular complexity index is 551. The molecule has 0 heterocycles. The van der Waals surface area contributed by atoms with Crippen LogP contribution in [0.5, 0.6) is 0 Å². The van der Waals surface area contributed by atoms with Crippen molar-refractivity contribution in [1.82, 2.24) is 0 Å². The lowest BCUT2D eigenvalue weighted by Crippen LogP contribution is -1.87. The number of benzene rings is 2. The smallest absolute Gasteiger partial charge is 0.137 e. The van der Waals surface area contributed by atoms with Crippen LogP contribution in [0.25, 0.3) is 4.91 Å². The van der Waals surface area contributed by atoms with Gasteiger partial charge in [0, 0.05) is 15.5 Å². The molecular formula is C14H12FNS. The van der Waals surface area contributed by atoms with Gasteiger partial charge < -0.3 is 5.73 Å². The molecule has 0 spiro atoms. The minimum atomic E-state index is -0.234. The second-order valence-electron chi connectivity index (χ2n) is 3.58. The van der Waals surface area contributed by atoms with Crippen molar-refractivity contribution in [3.63, 3.8) is 0 Å². The van der Waals surface area contributed by atoms with Crippen molar-refractivity contribution in [2.24, 2.45) is 0 Å². The second-order valence-corrected chi connectivity index (χ2v) is 4.72. The van der Waals surface area contributed by atoms with E-state index in [2.05, 4.69) is 6.58 Å². The molecule has 86 valence electrons. The van der Waals surface area contributed by atoms with E-state index >= 15 is 0 Å². The van der Waals surface area contributed by atoms with Crippen LogP contribution >= 0.6 is 11.8 Å². The number of halogens is 1. The van der Waals surface area contributed by atoms with Crippen molar-refractivity contribution < 1.29 is 4.39 Å². The molecule has 0 aliphatic rings. The molecule has 0 aliphatic carbocycles. The molecule has 0 saturated carbocycles. The molecule has 0 aromatic heterocycles. The lowest BCUT2D eigenvalue weighted by molar-refractivity contribution is 0.602. The van der Waals surface area contributed by atoms with E-state index in [1.54, 1.807) is 18.2 Å². The fourth-order valence-electron chi connectivity index (χ4n) is 1.43. The van der Waals surface area contributed by atoms with E-state index in [9.17, 15) is 4.39 Å². The Morgan fingerprint density at radius 3 is 2.59 bits per heavy atom. The van der Waals surface area contributed by atoms with Gasteiger partial charge >= 0.3 is 0 Å². The molecule has 0 amide bonds. The van der Waals surface area contributed by atoms with Gasteiger partial charge in [-0.3, -0.25) is 0 Å². The molecular weight excluding hydrogens is 233 g/mol. The molecule has 0 fully saturated rings. The molecule has 0 radical (unpaired) electrons. The van der Waals surface area contributed by atoms with Crippen LogP contribution in [0.15, 0.2) is 60.0 Å². The summed E-state index contributed by atoms with van der Waals surface area (Å²) < 4.78 is 13.5. The van der Waals surface area contributed by atoms with Crippen LogP contribution in [0.3, 0.4) is 0 Å². The number of thioether (sulfide) groups is 1. The lowest BCUT2D eigenvalue weighted by atomic mass is 10.2. The van der Waals surface area contributed by atoms with Gasteiger partial charge in [0.25, 0.3) is 0 Å². The highest BCUT2D eigenvalue weighted by Crippen LogP contribution is 2.34. The van der Waals surface area contributed by atoms with Gasteiger partial charge in [0.05, 0.1) is 0 Å². The fraction of sp³-hybridized carbons (Fsp3) is 0. The number of nitrogens with two attached hydrogens (primary N) is 1. The van der Waals surface area contributed by atoms with E-state index in [0.717, 1.165) is 10.5 Å². The van der Waals surface area contributed by atoms with Crippen LogP contribution in [0.4, 0.5) is 10.1 Å². The third-order valence-electron chi connectivity index (χ3n) is 2.28. The summed E-state index contributed by atoms with van der Waals surface area (Å²) in [5.41, 5.74) is 7.29. The van der Waals surface area contributed by atoms with Crippen LogP contribution in [0.1, 0.15) is 5.56 Å². The quantitative estimate of drug-likeness (QED) is 0.648. The molecule has 0 unspecified atom stereocenters. The Morgan fingerprint density at radius 2 is 1.88 bits per heavy atom. The minimum absolute atomic E-state index is 0.234. The van der Waals surface area contributed by atoms with Gasteiger partial charge in [-0.1, -0.05) is 42.6 Å². The Kier molecular flexibility index (Phi) is 3.49. The van der Waals surface area contributed by atoms with Gasteiger partial charge in [-0.2, -0.15) is 0 Å². The summed E-state index contributed by atoms with van der Waals surface area (Å²) in [7, 11) is 0. The van der Waals surface area contributed by atoms with E-state index in [-0.39, 0.29) is 5.82 Å². The molecule has 0 atom stereocenters. The Morgan fingerprint density at radius 1 is 1.12 bits per heavy atom. The van der Waals surface area contributed by atoms with Crippen molar-refractivity contribution in [1.29, 1.82) is 0 Å². The summed E-state index contributed by atoms with van der Waals surface area (Å²) >= 11 is 1.31. The third-order valence-corrected chi connectivity index (χ3v) is 3.31. The second kappa shape index (κ2) is 5.06. The standard InChI is InChI=1S/C14H12FNS/c1-10(11-5-4-6-12(16)9-11)17-14-8-3-2-7-13(14)15/h2-9H,1,16H2. The van der Waals surface area contributed by atoms with Gasteiger partial charge in [0.1, 0.15) is 5.82 Å². The van der Waals surface area contributed by atoms with E-state index in [1.807, 2.05) is 24.3 Å². The zero-order valence-corrected chi connectivity index (χ0v) is 10.0. The van der Waals surface area contributed by atoms with E-state index < -0.39 is 0 Å². The first-order chi connectivity index (χ1) is 8.16. The van der Waals surface area contributed by atoms with Crippen LogP contribution in [0.2, 0.25) is 0 Å². The first-order valence-corrected chi connectivity index (χ1v) is 5.95. The Hall–Kier alpha value is -1.74. The predicted molar refractivity (Wildman–Crippen MR) is 72.1 cm³/mol. The molecule has 3 heteroatoms. The molecule has 0 saturated heterocycles. The van der Waals surface area contributed by atoms with Gasteiger partial charge in [-0.25, -0.2) is 4.39 Å². The van der Waals surface area contributed by atoms with Crippen LogP contribution in [0, 0.1) is 5.82 Å². The van der Waals surface area contributed by atoms with Gasteiger partial charge in [-0.15, -0.1) is 0 Å². The number of hydrogen-bond acceptors (Lipinski definition) is 2. The average Bonchev–Trinajstić information content (AvgIpc) is 2.32. The molecule has 2 rings (SSSR count). The van der Waals surface area contributed by atoms with Crippen molar-refractivity contribution in [2.45, 2.75) is 4.90 Å². The van der Waals surface area contributed by atoms with E-state index in [4.69, 9.17) is 5.73 Å². The van der Waals surface area contributed by atoms with E-state index in [1.165, 1.54) is 17.8 Å². The van der Waals surface area contributed by atoms with Crippen molar-refractivity contribution in [3.8, 4) is 0 Å². The Labute approximate surface area is 104 Å². The maximum atomic E-state index is 13.5. The van der Waals surface area contributed by atoms with Crippen LogP contribution < -0.4 is 5.73 Å². The third kappa shape index (κ3) is 2.88. The zero-order chi connectivity index (χ0) is 12.3. The van der Waals surface area contributed by atoms with Gasteiger partial charge in [0.15, 0.2) is 0 Å². The van der Waals surface area contributed by atoms with Gasteiger partial charge in [-0.05, 0) is 29.8 Å². The molecule has 0 bridgehead atoms. The lowest BCUT2D eigenvalue weighted by Gasteiger charge is -2.07. The first-order valence-electron chi connectivity index (χ1n) is 5.14. The first kappa shape index (κ1) is 11.7. The largest absolute Gasteiger partial charge is 0.399 e. The van der Waals surface area contributed by atoms with E-state index in [0.29, 0.717) is 10.6 Å². The number of rotatable bonds is 3.